The van der Waals surface area contributed by atoms with Gasteiger partial charge in [0.25, 0.3) is 0 Å². The van der Waals surface area contributed by atoms with Gasteiger partial charge in [-0.2, -0.15) is 8.78 Å². The average molecular weight is 316 g/mol. The average Bonchev–Trinajstić information content (AvgIpc) is 2.39. The summed E-state index contributed by atoms with van der Waals surface area (Å²) in [4.78, 5) is 2.04. The van der Waals surface area contributed by atoms with Crippen LogP contribution in [0.25, 0.3) is 0 Å². The third-order valence-corrected chi connectivity index (χ3v) is 3.40. The van der Waals surface area contributed by atoms with Crippen molar-refractivity contribution in [2.24, 2.45) is 0 Å². The summed E-state index contributed by atoms with van der Waals surface area (Å²) < 4.78 is 34.1. The molecule has 0 amide bonds. The van der Waals surface area contributed by atoms with Crippen LogP contribution in [0, 0.1) is 0 Å². The minimum absolute atomic E-state index is 0.120. The zero-order chi connectivity index (χ0) is 15.4. The third-order valence-electron chi connectivity index (χ3n) is 3.04. The van der Waals surface area contributed by atoms with Crippen molar-refractivity contribution >= 4 is 23.0 Å². The number of rotatable bonds is 3. The number of hydrogen-bond acceptors (Lipinski definition) is 3. The Labute approximate surface area is 128 Å². The van der Waals surface area contributed by atoms with Crippen LogP contribution in [0.2, 0.25) is 0 Å². The lowest BCUT2D eigenvalue weighted by Crippen LogP contribution is -2.49. The molecule has 0 bridgehead atoms. The first kappa shape index (κ1) is 15.9. The molecule has 0 unspecified atom stereocenters. The zero-order valence-corrected chi connectivity index (χ0v) is 12.7. The van der Waals surface area contributed by atoms with Gasteiger partial charge in [-0.15, -0.1) is 0 Å². The summed E-state index contributed by atoms with van der Waals surface area (Å²) in [5.41, 5.74) is 0.730. The van der Waals surface area contributed by atoms with Crippen molar-refractivity contribution in [2.75, 3.05) is 18.4 Å². The Kier molecular flexibility index (Phi) is 5.30. The molecule has 1 heterocycles. The summed E-state index contributed by atoms with van der Waals surface area (Å²) in [5, 5.41) is 3.69. The summed E-state index contributed by atoms with van der Waals surface area (Å²) in [5.74, 6) is 0.120. The molecule has 2 atom stereocenters. The number of ether oxygens (including phenoxy) is 2. The van der Waals surface area contributed by atoms with E-state index in [0.29, 0.717) is 5.11 Å². The summed E-state index contributed by atoms with van der Waals surface area (Å²) in [6.45, 7) is 2.64. The molecule has 7 heteroatoms. The Morgan fingerprint density at radius 2 is 1.86 bits per heavy atom. The Hall–Kier alpha value is -1.47. The molecule has 0 aromatic heterocycles. The van der Waals surface area contributed by atoms with Gasteiger partial charge in [0.05, 0.1) is 12.2 Å². The number of nitrogens with one attached hydrogen (secondary N) is 1. The maximum atomic E-state index is 12.1. The van der Waals surface area contributed by atoms with Gasteiger partial charge in [-0.05, 0) is 50.3 Å². The number of morpholine rings is 1. The van der Waals surface area contributed by atoms with Crippen LogP contribution in [0.15, 0.2) is 24.3 Å². The number of hydrogen-bond donors (Lipinski definition) is 1. The summed E-state index contributed by atoms with van der Waals surface area (Å²) in [7, 11) is 0. The van der Waals surface area contributed by atoms with E-state index in [2.05, 4.69) is 10.1 Å². The van der Waals surface area contributed by atoms with Crippen molar-refractivity contribution in [3.8, 4) is 5.75 Å². The minimum atomic E-state index is -2.82. The lowest BCUT2D eigenvalue weighted by molar-refractivity contribution is -0.0498. The highest BCUT2D eigenvalue weighted by molar-refractivity contribution is 7.80. The molecule has 1 aromatic carbocycles. The zero-order valence-electron chi connectivity index (χ0n) is 11.9. The van der Waals surface area contributed by atoms with E-state index >= 15 is 0 Å². The fourth-order valence-corrected chi connectivity index (χ4v) is 2.53. The number of halogens is 2. The van der Waals surface area contributed by atoms with E-state index in [1.54, 1.807) is 12.1 Å². The Bertz CT molecular complexity index is 474. The van der Waals surface area contributed by atoms with E-state index in [1.807, 2.05) is 18.7 Å². The maximum Gasteiger partial charge on any atom is 0.387 e. The Balaban J connectivity index is 1.93. The van der Waals surface area contributed by atoms with Crippen molar-refractivity contribution in [3.05, 3.63) is 24.3 Å². The second-order valence-corrected chi connectivity index (χ2v) is 5.38. The number of alkyl halides is 2. The first-order chi connectivity index (χ1) is 9.94. The SMILES string of the molecule is C[C@@H]1CN(C(=S)Nc2ccc(OC(F)F)cc2)C[C@H](C)O1. The molecule has 1 fully saturated rings. The van der Waals surface area contributed by atoms with Gasteiger partial charge in [0.2, 0.25) is 0 Å². The molecular formula is C14H18F2N2O2S. The second kappa shape index (κ2) is 7.00. The van der Waals surface area contributed by atoms with E-state index in [4.69, 9.17) is 17.0 Å². The van der Waals surface area contributed by atoms with Crippen LogP contribution in [-0.4, -0.2) is 41.9 Å². The predicted molar refractivity (Wildman–Crippen MR) is 80.9 cm³/mol. The van der Waals surface area contributed by atoms with E-state index in [0.717, 1.165) is 18.8 Å². The van der Waals surface area contributed by atoms with Crippen molar-refractivity contribution in [1.82, 2.24) is 4.90 Å². The molecule has 116 valence electrons. The lowest BCUT2D eigenvalue weighted by atomic mass is 10.2. The van der Waals surface area contributed by atoms with Crippen LogP contribution in [0.3, 0.4) is 0 Å². The van der Waals surface area contributed by atoms with E-state index in [9.17, 15) is 8.78 Å². The van der Waals surface area contributed by atoms with Crippen molar-refractivity contribution in [1.29, 1.82) is 0 Å². The molecule has 0 saturated carbocycles. The van der Waals surface area contributed by atoms with Gasteiger partial charge < -0.3 is 19.7 Å². The van der Waals surface area contributed by atoms with Gasteiger partial charge in [0, 0.05) is 18.8 Å². The van der Waals surface area contributed by atoms with E-state index in [1.165, 1.54) is 12.1 Å². The van der Waals surface area contributed by atoms with Gasteiger partial charge in [-0.3, -0.25) is 0 Å². The number of benzene rings is 1. The van der Waals surface area contributed by atoms with Gasteiger partial charge in [-0.25, -0.2) is 0 Å². The van der Waals surface area contributed by atoms with Gasteiger partial charge in [0.15, 0.2) is 5.11 Å². The van der Waals surface area contributed by atoms with Crippen LogP contribution in [0.4, 0.5) is 14.5 Å². The van der Waals surface area contributed by atoms with Crippen LogP contribution < -0.4 is 10.1 Å². The highest BCUT2D eigenvalue weighted by Crippen LogP contribution is 2.19. The molecule has 1 saturated heterocycles. The topological polar surface area (TPSA) is 33.7 Å². The van der Waals surface area contributed by atoms with Crippen LogP contribution in [0.1, 0.15) is 13.8 Å². The van der Waals surface area contributed by atoms with E-state index in [-0.39, 0.29) is 18.0 Å². The summed E-state index contributed by atoms with van der Waals surface area (Å²) in [6, 6.07) is 6.25. The first-order valence-corrected chi connectivity index (χ1v) is 7.11. The van der Waals surface area contributed by atoms with Crippen molar-refractivity contribution in [2.45, 2.75) is 32.7 Å². The first-order valence-electron chi connectivity index (χ1n) is 6.70. The molecule has 1 N–H and O–H groups in total. The normalized spacial score (nSPS) is 22.2. The lowest BCUT2D eigenvalue weighted by Gasteiger charge is -2.36. The standard InChI is InChI=1S/C14H18F2N2O2S/c1-9-7-18(8-10(2)19-9)14(21)17-11-3-5-12(6-4-11)20-13(15)16/h3-6,9-10,13H,7-8H2,1-2H3,(H,17,21)/t9-,10+. The molecule has 1 aliphatic heterocycles. The predicted octanol–water partition coefficient (Wildman–Crippen LogP) is 3.09. The molecule has 2 rings (SSSR count). The number of nitrogens with zero attached hydrogens (tertiary/aromatic N) is 1. The second-order valence-electron chi connectivity index (χ2n) is 5.00. The number of thiocarbonyl (C=S) groups is 1. The fourth-order valence-electron chi connectivity index (χ4n) is 2.27. The molecule has 1 aromatic rings. The number of anilines is 1. The fraction of sp³-hybridized carbons (Fsp3) is 0.500. The molecule has 0 aliphatic carbocycles. The monoisotopic (exact) mass is 316 g/mol. The van der Waals surface area contributed by atoms with Crippen LogP contribution in [0.5, 0.6) is 5.75 Å². The van der Waals surface area contributed by atoms with Gasteiger partial charge >= 0.3 is 6.61 Å². The maximum absolute atomic E-state index is 12.1. The smallest absolute Gasteiger partial charge is 0.387 e. The van der Waals surface area contributed by atoms with Crippen molar-refractivity contribution < 1.29 is 18.3 Å². The largest absolute Gasteiger partial charge is 0.435 e. The molecule has 0 radical (unpaired) electrons. The minimum Gasteiger partial charge on any atom is -0.435 e. The highest BCUT2D eigenvalue weighted by Gasteiger charge is 2.23. The molecule has 0 spiro atoms. The molecule has 4 nitrogen and oxygen atoms in total. The third kappa shape index (κ3) is 4.78. The van der Waals surface area contributed by atoms with Crippen LogP contribution >= 0.6 is 12.2 Å². The van der Waals surface area contributed by atoms with Crippen LogP contribution in [-0.2, 0) is 4.74 Å². The molecule has 1 aliphatic rings. The molecule has 21 heavy (non-hydrogen) atoms. The molecular weight excluding hydrogens is 298 g/mol. The van der Waals surface area contributed by atoms with Gasteiger partial charge in [0.1, 0.15) is 5.75 Å². The van der Waals surface area contributed by atoms with Gasteiger partial charge in [-0.1, -0.05) is 0 Å². The Morgan fingerprint density at radius 1 is 1.29 bits per heavy atom. The summed E-state index contributed by atoms with van der Waals surface area (Å²) >= 11 is 5.37. The quantitative estimate of drug-likeness (QED) is 0.867. The summed E-state index contributed by atoms with van der Waals surface area (Å²) in [6.07, 6.45) is 0.241. The van der Waals surface area contributed by atoms with E-state index < -0.39 is 6.61 Å². The highest BCUT2D eigenvalue weighted by atomic mass is 32.1. The Morgan fingerprint density at radius 3 is 2.38 bits per heavy atom. The van der Waals surface area contributed by atoms with Crippen molar-refractivity contribution in [3.63, 3.8) is 0 Å².